The van der Waals surface area contributed by atoms with Crippen LogP contribution in [0.1, 0.15) is 42.4 Å². The fraction of sp³-hybridized carbons (Fsp3) is 0.448. The number of anilines is 1. The van der Waals surface area contributed by atoms with Gasteiger partial charge >= 0.3 is 18.3 Å². The van der Waals surface area contributed by atoms with Gasteiger partial charge in [0, 0.05) is 41.2 Å². The normalized spacial score (nSPS) is 20.1. The Morgan fingerprint density at radius 2 is 1.74 bits per heavy atom. The molecule has 0 spiro atoms. The van der Waals surface area contributed by atoms with Gasteiger partial charge in [0.05, 0.1) is 30.3 Å². The number of hydrogen-bond acceptors (Lipinski definition) is 5. The number of morpholine rings is 1. The van der Waals surface area contributed by atoms with Crippen LogP contribution in [-0.4, -0.2) is 54.7 Å². The zero-order valence-corrected chi connectivity index (χ0v) is 23.2. The van der Waals surface area contributed by atoms with Gasteiger partial charge in [-0.05, 0) is 61.1 Å². The lowest BCUT2D eigenvalue weighted by molar-refractivity contribution is -0.163. The Hall–Kier alpha value is -3.19. The van der Waals surface area contributed by atoms with Crippen LogP contribution in [0.5, 0.6) is 0 Å². The first-order valence-corrected chi connectivity index (χ1v) is 14.3. The number of rotatable bonds is 8. The summed E-state index contributed by atoms with van der Waals surface area (Å²) in [7, 11) is 0. The predicted octanol–water partition coefficient (Wildman–Crippen LogP) is 7.05. The third-order valence-corrected chi connectivity index (χ3v) is 8.33. The molecule has 2 atom stereocenters. The minimum Gasteiger partial charge on any atom is -0.481 e. The molecule has 2 aliphatic rings. The second-order valence-corrected chi connectivity index (χ2v) is 11.4. The van der Waals surface area contributed by atoms with E-state index in [-0.39, 0.29) is 37.1 Å². The highest BCUT2D eigenvalue weighted by Crippen LogP contribution is 2.48. The van der Waals surface area contributed by atoms with Crippen molar-refractivity contribution in [2.45, 2.75) is 47.8 Å². The van der Waals surface area contributed by atoms with Crippen LogP contribution in [0.4, 0.5) is 32.0 Å². The molecule has 1 amide bonds. The van der Waals surface area contributed by atoms with Gasteiger partial charge in [0.1, 0.15) is 0 Å². The van der Waals surface area contributed by atoms with Crippen molar-refractivity contribution >= 4 is 35.4 Å². The number of ether oxygens (including phenoxy) is 1. The van der Waals surface area contributed by atoms with Gasteiger partial charge in [-0.25, -0.2) is 0 Å². The molecule has 6 nitrogen and oxygen atoms in total. The minimum atomic E-state index is -5.35. The van der Waals surface area contributed by atoms with Crippen molar-refractivity contribution in [3.8, 4) is 0 Å². The summed E-state index contributed by atoms with van der Waals surface area (Å²) in [5.41, 5.74) is -3.88. The molecule has 0 aromatic heterocycles. The summed E-state index contributed by atoms with van der Waals surface area (Å²) in [5, 5.41) is 12.5. The van der Waals surface area contributed by atoms with Gasteiger partial charge in [0.2, 0.25) is 5.91 Å². The molecule has 1 aliphatic carbocycles. The number of nitrogens with zero attached hydrogens (tertiary/aromatic N) is 1. The molecule has 42 heavy (non-hydrogen) atoms. The van der Waals surface area contributed by atoms with E-state index in [0.29, 0.717) is 36.8 Å². The molecular formula is C29H30F6N2O4S. The number of aliphatic carboxylic acids is 1. The fourth-order valence-electron chi connectivity index (χ4n) is 5.22. The third kappa shape index (κ3) is 8.21. The smallest absolute Gasteiger partial charge is 0.418 e. The fourth-order valence-corrected chi connectivity index (χ4v) is 6.26. The van der Waals surface area contributed by atoms with Crippen LogP contribution in [0.25, 0.3) is 6.08 Å². The molecular weight excluding hydrogens is 586 g/mol. The van der Waals surface area contributed by atoms with Crippen molar-refractivity contribution in [2.75, 3.05) is 38.2 Å². The van der Waals surface area contributed by atoms with Crippen LogP contribution < -0.4 is 5.32 Å². The number of nitrogens with one attached hydrogen (secondary N) is 1. The second kappa shape index (κ2) is 13.4. The van der Waals surface area contributed by atoms with Crippen molar-refractivity contribution in [3.05, 3.63) is 59.2 Å². The molecule has 0 bridgehead atoms. The van der Waals surface area contributed by atoms with E-state index in [0.717, 1.165) is 37.1 Å². The second-order valence-electron chi connectivity index (χ2n) is 10.2. The average molecular weight is 617 g/mol. The van der Waals surface area contributed by atoms with E-state index in [1.165, 1.54) is 11.0 Å². The lowest BCUT2D eigenvalue weighted by Crippen LogP contribution is -2.39. The summed E-state index contributed by atoms with van der Waals surface area (Å²) < 4.78 is 90.3. The quantitative estimate of drug-likeness (QED) is 0.245. The van der Waals surface area contributed by atoms with E-state index in [4.69, 9.17) is 4.74 Å². The molecule has 1 saturated carbocycles. The minimum absolute atomic E-state index is 0.109. The Kier molecular flexibility index (Phi) is 10.1. The van der Waals surface area contributed by atoms with Crippen molar-refractivity contribution in [2.24, 2.45) is 11.8 Å². The lowest BCUT2D eigenvalue weighted by Gasteiger charge is -2.27. The molecule has 1 saturated heterocycles. The van der Waals surface area contributed by atoms with E-state index in [9.17, 15) is 41.0 Å². The summed E-state index contributed by atoms with van der Waals surface area (Å²) in [4.78, 5) is 24.7. The number of amides is 1. The van der Waals surface area contributed by atoms with Gasteiger partial charge in [-0.15, -0.1) is 0 Å². The maximum Gasteiger partial charge on any atom is 0.418 e. The molecule has 2 fully saturated rings. The summed E-state index contributed by atoms with van der Waals surface area (Å²) in [6.45, 7) is 1.46. The van der Waals surface area contributed by atoms with Gasteiger partial charge in [-0.2, -0.15) is 26.3 Å². The molecule has 13 heteroatoms. The number of carboxylic acids is 1. The van der Waals surface area contributed by atoms with Crippen molar-refractivity contribution in [1.82, 2.24) is 4.90 Å². The first-order valence-electron chi connectivity index (χ1n) is 13.4. The predicted molar refractivity (Wildman–Crippen MR) is 145 cm³/mol. The monoisotopic (exact) mass is 616 g/mol. The Balaban J connectivity index is 1.58. The van der Waals surface area contributed by atoms with E-state index in [1.807, 2.05) is 0 Å². The van der Waals surface area contributed by atoms with Crippen molar-refractivity contribution in [1.29, 1.82) is 0 Å². The summed E-state index contributed by atoms with van der Waals surface area (Å²) in [6, 6.07) is 8.23. The number of carbonyl (C=O) groups is 2. The highest BCUT2D eigenvalue weighted by atomic mass is 32.2. The number of halogens is 6. The number of benzene rings is 2. The average Bonchev–Trinajstić information content (AvgIpc) is 2.94. The zero-order chi connectivity index (χ0) is 30.5. The molecule has 1 aliphatic heterocycles. The van der Waals surface area contributed by atoms with Crippen LogP contribution in [0.3, 0.4) is 0 Å². The van der Waals surface area contributed by atoms with Gasteiger partial charge in [0.25, 0.3) is 0 Å². The molecule has 2 N–H and O–H groups in total. The van der Waals surface area contributed by atoms with Crippen LogP contribution in [-0.2, 0) is 26.7 Å². The number of hydrogen-bond donors (Lipinski definition) is 2. The van der Waals surface area contributed by atoms with E-state index in [2.05, 4.69) is 5.32 Å². The Morgan fingerprint density at radius 1 is 1.02 bits per heavy atom. The van der Waals surface area contributed by atoms with E-state index < -0.39 is 51.7 Å². The largest absolute Gasteiger partial charge is 0.481 e. The zero-order valence-electron chi connectivity index (χ0n) is 22.4. The van der Waals surface area contributed by atoms with E-state index >= 15 is 0 Å². The Morgan fingerprint density at radius 3 is 2.40 bits per heavy atom. The topological polar surface area (TPSA) is 78.9 Å². The molecule has 228 valence electrons. The van der Waals surface area contributed by atoms with Crippen molar-refractivity contribution < 1.29 is 45.8 Å². The molecule has 1 heterocycles. The van der Waals surface area contributed by atoms with Gasteiger partial charge in [-0.1, -0.05) is 30.3 Å². The first-order chi connectivity index (χ1) is 19.8. The molecule has 4 rings (SSSR count). The Labute approximate surface area is 243 Å². The maximum atomic E-state index is 14.2. The maximum absolute atomic E-state index is 14.2. The van der Waals surface area contributed by atoms with Crippen LogP contribution >= 0.6 is 11.8 Å². The third-order valence-electron chi connectivity index (χ3n) is 7.28. The first kappa shape index (κ1) is 31.7. The molecule has 2 unspecified atom stereocenters. The summed E-state index contributed by atoms with van der Waals surface area (Å²) in [5.74, 6) is -1.75. The van der Waals surface area contributed by atoms with Crippen LogP contribution in [0, 0.1) is 11.8 Å². The van der Waals surface area contributed by atoms with Gasteiger partial charge in [-0.3, -0.25) is 9.59 Å². The van der Waals surface area contributed by atoms with Gasteiger partial charge < -0.3 is 20.1 Å². The highest BCUT2D eigenvalue weighted by molar-refractivity contribution is 7.99. The standard InChI is InChI=1S/C29H30F6N2O4S/c30-28(31,32)25-19(8-10-24(38)37-11-13-41-14-12-37)7-9-23(26(25)29(33,34)35)42-22-6-2-5-21(16-22)36-17-18-3-1-4-20(15-18)27(39)40/h2,5-10,16,18,20,36H,1,3-4,11-15,17H2,(H,39,40). The Bertz CT molecular complexity index is 1310. The molecule has 0 radical (unpaired) electrons. The molecule has 2 aromatic rings. The SMILES string of the molecule is O=C(O)C1CCCC(CNc2cccc(Sc3ccc(C=CC(=O)N4CCOCC4)c(C(F)(F)F)c3C(F)(F)F)c2)C1. The van der Waals surface area contributed by atoms with Crippen molar-refractivity contribution in [3.63, 3.8) is 0 Å². The highest BCUT2D eigenvalue weighted by Gasteiger charge is 2.46. The number of carbonyl (C=O) groups excluding carboxylic acids is 1. The van der Waals surface area contributed by atoms with Crippen LogP contribution in [0.2, 0.25) is 0 Å². The van der Waals surface area contributed by atoms with Gasteiger partial charge in [0.15, 0.2) is 0 Å². The summed E-state index contributed by atoms with van der Waals surface area (Å²) >= 11 is 0.556. The lowest BCUT2D eigenvalue weighted by atomic mass is 9.81. The number of alkyl halides is 6. The van der Waals surface area contributed by atoms with Crippen LogP contribution in [0.15, 0.2) is 52.3 Å². The van der Waals surface area contributed by atoms with E-state index in [1.54, 1.807) is 18.2 Å². The summed E-state index contributed by atoms with van der Waals surface area (Å²) in [6.07, 6.45) is -6.28. The molecule has 2 aromatic carbocycles. The number of carboxylic acid groups (broad SMARTS) is 1.